The average molecular weight is 327 g/mol. The van der Waals surface area contributed by atoms with Crippen molar-refractivity contribution in [2.24, 2.45) is 0 Å². The van der Waals surface area contributed by atoms with Gasteiger partial charge in [-0.3, -0.25) is 0 Å². The molecule has 0 amide bonds. The highest BCUT2D eigenvalue weighted by molar-refractivity contribution is 5.55. The van der Waals surface area contributed by atoms with Crippen LogP contribution in [0.5, 0.6) is 11.9 Å². The molecule has 6 nitrogen and oxygen atoms in total. The van der Waals surface area contributed by atoms with Crippen molar-refractivity contribution in [3.8, 4) is 23.2 Å². The van der Waals surface area contributed by atoms with Gasteiger partial charge in [0, 0.05) is 18.5 Å². The van der Waals surface area contributed by atoms with Crippen molar-refractivity contribution >= 4 is 0 Å². The van der Waals surface area contributed by atoms with Crippen LogP contribution in [0, 0.1) is 5.82 Å². The summed E-state index contributed by atoms with van der Waals surface area (Å²) in [6.45, 7) is 0. The zero-order valence-corrected chi connectivity index (χ0v) is 12.6. The summed E-state index contributed by atoms with van der Waals surface area (Å²) in [6.07, 6.45) is 4.87. The van der Waals surface area contributed by atoms with Gasteiger partial charge in [-0.05, 0) is 41.6 Å². The van der Waals surface area contributed by atoms with Gasteiger partial charge in [-0.25, -0.2) is 14.4 Å². The number of benzene rings is 1. The van der Waals surface area contributed by atoms with Gasteiger partial charge in [-0.2, -0.15) is 0 Å². The molecule has 0 aliphatic heterocycles. The zero-order chi connectivity index (χ0) is 16.5. The molecule has 3 aromatic rings. The third kappa shape index (κ3) is 2.92. The molecule has 0 bridgehead atoms. The lowest BCUT2D eigenvalue weighted by atomic mass is 9.77. The second-order valence-corrected chi connectivity index (χ2v) is 5.76. The maximum Gasteiger partial charge on any atom is 0.316 e. The van der Waals surface area contributed by atoms with Crippen molar-refractivity contribution in [3.63, 3.8) is 0 Å². The number of aromatic hydroxyl groups is 1. The summed E-state index contributed by atoms with van der Waals surface area (Å²) < 4.78 is 23.6. The predicted molar refractivity (Wildman–Crippen MR) is 82.0 cm³/mol. The molecule has 1 aromatic carbocycles. The fourth-order valence-corrected chi connectivity index (χ4v) is 2.72. The topological polar surface area (TPSA) is 81.3 Å². The van der Waals surface area contributed by atoms with E-state index in [9.17, 15) is 9.50 Å². The highest BCUT2D eigenvalue weighted by atomic mass is 19.1. The van der Waals surface area contributed by atoms with Crippen molar-refractivity contribution < 1.29 is 18.8 Å². The van der Waals surface area contributed by atoms with Gasteiger partial charge in [0.25, 0.3) is 5.88 Å². The summed E-state index contributed by atoms with van der Waals surface area (Å²) in [4.78, 5) is 8.29. The maximum atomic E-state index is 12.9. The summed E-state index contributed by atoms with van der Waals surface area (Å²) >= 11 is 0. The van der Waals surface area contributed by atoms with Gasteiger partial charge in [0.1, 0.15) is 11.9 Å². The Kier molecular flexibility index (Phi) is 3.60. The lowest BCUT2D eigenvalue weighted by Gasteiger charge is -2.34. The Hall–Kier alpha value is -2.96. The van der Waals surface area contributed by atoms with E-state index >= 15 is 0 Å². The van der Waals surface area contributed by atoms with E-state index in [-0.39, 0.29) is 17.8 Å². The number of ether oxygens (including phenoxy) is 1. The minimum Gasteiger partial charge on any atom is -0.491 e. The summed E-state index contributed by atoms with van der Waals surface area (Å²) in [5.74, 6) is 0.358. The normalized spacial score (nSPS) is 19.7. The van der Waals surface area contributed by atoms with Crippen LogP contribution in [0.2, 0.25) is 0 Å². The van der Waals surface area contributed by atoms with E-state index in [1.54, 1.807) is 12.4 Å². The van der Waals surface area contributed by atoms with Gasteiger partial charge in [0.05, 0.1) is 5.56 Å². The second-order valence-electron chi connectivity index (χ2n) is 5.76. The molecule has 1 saturated carbocycles. The van der Waals surface area contributed by atoms with Crippen LogP contribution in [0.4, 0.5) is 4.39 Å². The Morgan fingerprint density at radius 1 is 1.12 bits per heavy atom. The first-order valence-electron chi connectivity index (χ1n) is 7.57. The van der Waals surface area contributed by atoms with E-state index in [0.717, 1.165) is 18.4 Å². The van der Waals surface area contributed by atoms with E-state index in [4.69, 9.17) is 9.26 Å². The average Bonchev–Trinajstić information content (AvgIpc) is 2.99. The Bertz CT molecular complexity index is 827. The van der Waals surface area contributed by atoms with Crippen LogP contribution >= 0.6 is 0 Å². The molecule has 122 valence electrons. The molecule has 7 heteroatoms. The molecule has 1 aliphatic carbocycles. The fraction of sp³-hybridized carbons (Fsp3) is 0.235. The highest BCUT2D eigenvalue weighted by Crippen LogP contribution is 2.38. The third-order valence-electron chi connectivity index (χ3n) is 4.12. The van der Waals surface area contributed by atoms with Crippen molar-refractivity contribution in [2.45, 2.75) is 24.9 Å². The molecule has 2 aromatic heterocycles. The maximum absolute atomic E-state index is 12.9. The van der Waals surface area contributed by atoms with Crippen molar-refractivity contribution in [1.29, 1.82) is 0 Å². The zero-order valence-electron chi connectivity index (χ0n) is 12.6. The number of hydrogen-bond acceptors (Lipinski definition) is 6. The number of rotatable bonds is 4. The number of aromatic nitrogens is 3. The van der Waals surface area contributed by atoms with Gasteiger partial charge in [0.2, 0.25) is 0 Å². The van der Waals surface area contributed by atoms with Crippen LogP contribution in [0.15, 0.2) is 47.2 Å². The van der Waals surface area contributed by atoms with E-state index in [1.807, 2.05) is 12.1 Å². The Morgan fingerprint density at radius 3 is 2.46 bits per heavy atom. The van der Waals surface area contributed by atoms with Gasteiger partial charge < -0.3 is 14.4 Å². The highest BCUT2D eigenvalue weighted by Gasteiger charge is 2.32. The smallest absolute Gasteiger partial charge is 0.316 e. The molecule has 0 spiro atoms. The van der Waals surface area contributed by atoms with Gasteiger partial charge in [-0.1, -0.05) is 12.1 Å². The van der Waals surface area contributed by atoms with Crippen LogP contribution in [-0.4, -0.2) is 26.3 Å². The molecule has 0 saturated heterocycles. The SMILES string of the molecule is Oc1cc(-c2cnc(O[C@H]3C[C@@H](c4ccc(F)cc4)C3)nc2)on1. The summed E-state index contributed by atoms with van der Waals surface area (Å²) in [6, 6.07) is 8.27. The van der Waals surface area contributed by atoms with Gasteiger partial charge in [0.15, 0.2) is 5.76 Å². The lowest BCUT2D eigenvalue weighted by Crippen LogP contribution is -2.32. The third-order valence-corrected chi connectivity index (χ3v) is 4.12. The first-order chi connectivity index (χ1) is 11.7. The van der Waals surface area contributed by atoms with E-state index in [0.29, 0.717) is 23.3 Å². The van der Waals surface area contributed by atoms with Gasteiger partial charge >= 0.3 is 6.01 Å². The fourth-order valence-electron chi connectivity index (χ4n) is 2.72. The summed E-state index contributed by atoms with van der Waals surface area (Å²) in [5, 5.41) is 12.6. The van der Waals surface area contributed by atoms with Crippen LogP contribution < -0.4 is 4.74 Å². The monoisotopic (exact) mass is 327 g/mol. The summed E-state index contributed by atoms with van der Waals surface area (Å²) in [7, 11) is 0. The molecule has 1 aliphatic rings. The van der Waals surface area contributed by atoms with Crippen molar-refractivity contribution in [3.05, 3.63) is 54.1 Å². The second kappa shape index (κ2) is 5.92. The van der Waals surface area contributed by atoms with Crippen molar-refractivity contribution in [2.75, 3.05) is 0 Å². The molecule has 2 heterocycles. The Morgan fingerprint density at radius 2 is 1.83 bits per heavy atom. The Labute approximate surface area is 136 Å². The molecule has 0 atom stereocenters. The lowest BCUT2D eigenvalue weighted by molar-refractivity contribution is 0.0881. The molecule has 4 rings (SSSR count). The number of hydrogen-bond donors (Lipinski definition) is 1. The largest absolute Gasteiger partial charge is 0.491 e. The standard InChI is InChI=1S/C17H14FN3O3/c18-13-3-1-10(2-4-13)11-5-14(6-11)23-17-19-8-12(9-20-17)15-7-16(22)21-24-15/h1-4,7-9,11,14H,5-6H2,(H,21,22)/t11-,14+. The Balaban J connectivity index is 1.34. The number of halogens is 1. The minimum absolute atomic E-state index is 0.0558. The van der Waals surface area contributed by atoms with Crippen LogP contribution in [-0.2, 0) is 0 Å². The van der Waals surface area contributed by atoms with E-state index < -0.39 is 0 Å². The molecule has 24 heavy (non-hydrogen) atoms. The number of nitrogens with zero attached hydrogens (tertiary/aromatic N) is 3. The molecular formula is C17H14FN3O3. The molecule has 0 radical (unpaired) electrons. The van der Waals surface area contributed by atoms with Gasteiger partial charge in [-0.15, -0.1) is 0 Å². The van der Waals surface area contributed by atoms with E-state index in [2.05, 4.69) is 15.1 Å². The van der Waals surface area contributed by atoms with Crippen LogP contribution in [0.3, 0.4) is 0 Å². The van der Waals surface area contributed by atoms with E-state index in [1.165, 1.54) is 18.2 Å². The minimum atomic E-state index is -0.223. The molecule has 1 fully saturated rings. The van der Waals surface area contributed by atoms with Crippen molar-refractivity contribution in [1.82, 2.24) is 15.1 Å². The van der Waals surface area contributed by atoms with Crippen LogP contribution in [0.25, 0.3) is 11.3 Å². The molecule has 0 unspecified atom stereocenters. The first kappa shape index (κ1) is 14.6. The van der Waals surface area contributed by atoms with Crippen LogP contribution in [0.1, 0.15) is 24.3 Å². The summed E-state index contributed by atoms with van der Waals surface area (Å²) in [5.41, 5.74) is 1.73. The first-order valence-corrected chi connectivity index (χ1v) is 7.57. The quantitative estimate of drug-likeness (QED) is 0.792. The molecular weight excluding hydrogens is 313 g/mol. The molecule has 1 N–H and O–H groups in total. The predicted octanol–water partition coefficient (Wildman–Crippen LogP) is 3.30.